The second kappa shape index (κ2) is 3.79. The molecule has 1 aromatic heterocycles. The van der Waals surface area contributed by atoms with Crippen LogP contribution in [0.15, 0.2) is 10.9 Å². The third-order valence-corrected chi connectivity index (χ3v) is 6.11. The Morgan fingerprint density at radius 1 is 1.12 bits per heavy atom. The Morgan fingerprint density at radius 2 is 1.76 bits per heavy atom. The van der Waals surface area contributed by atoms with Crippen molar-refractivity contribution in [3.8, 4) is 0 Å². The van der Waals surface area contributed by atoms with Gasteiger partial charge in [0, 0.05) is 5.38 Å². The molecule has 2 nitrogen and oxygen atoms in total. The summed E-state index contributed by atoms with van der Waals surface area (Å²) in [6, 6.07) is 0.205. The van der Waals surface area contributed by atoms with E-state index in [9.17, 15) is 0 Å². The highest BCUT2D eigenvalue weighted by atomic mass is 32.1. The van der Waals surface area contributed by atoms with Crippen LogP contribution >= 0.6 is 11.3 Å². The van der Waals surface area contributed by atoms with Crippen molar-refractivity contribution in [2.75, 3.05) is 0 Å². The molecule has 0 aliphatic heterocycles. The maximum absolute atomic E-state index is 6.51. The average molecular weight is 248 g/mol. The number of nitrogens with zero attached hydrogens (tertiary/aromatic N) is 1. The summed E-state index contributed by atoms with van der Waals surface area (Å²) in [6.45, 7) is 0. The van der Waals surface area contributed by atoms with Crippen molar-refractivity contribution in [3.63, 3.8) is 0 Å². The molecule has 5 rings (SSSR count). The van der Waals surface area contributed by atoms with E-state index in [0.29, 0.717) is 0 Å². The summed E-state index contributed by atoms with van der Waals surface area (Å²) in [4.78, 5) is 4.44. The van der Waals surface area contributed by atoms with Crippen LogP contribution in [0.3, 0.4) is 0 Å². The Balaban J connectivity index is 1.62. The minimum Gasteiger partial charge on any atom is -0.322 e. The molecule has 4 aliphatic rings. The van der Waals surface area contributed by atoms with Gasteiger partial charge in [-0.1, -0.05) is 0 Å². The van der Waals surface area contributed by atoms with E-state index in [4.69, 9.17) is 5.73 Å². The molecule has 0 radical (unpaired) electrons. The summed E-state index contributed by atoms with van der Waals surface area (Å²) in [5.74, 6) is 4.61. The van der Waals surface area contributed by atoms with Crippen molar-refractivity contribution in [3.05, 3.63) is 16.6 Å². The van der Waals surface area contributed by atoms with Crippen LogP contribution in [0.2, 0.25) is 0 Å². The second-order valence-electron chi connectivity index (χ2n) is 6.45. The lowest BCUT2D eigenvalue weighted by molar-refractivity contribution is -0.0476. The number of thiazole rings is 1. The van der Waals surface area contributed by atoms with Crippen molar-refractivity contribution < 1.29 is 0 Å². The molecule has 0 amide bonds. The zero-order valence-corrected chi connectivity index (χ0v) is 10.9. The molecule has 3 heteroatoms. The van der Waals surface area contributed by atoms with E-state index >= 15 is 0 Å². The number of nitrogens with two attached hydrogens (primary N) is 1. The molecule has 4 fully saturated rings. The lowest BCUT2D eigenvalue weighted by Crippen LogP contribution is -2.48. The largest absolute Gasteiger partial charge is 0.322 e. The van der Waals surface area contributed by atoms with Gasteiger partial charge in [0.25, 0.3) is 0 Å². The van der Waals surface area contributed by atoms with Crippen molar-refractivity contribution in [2.24, 2.45) is 35.3 Å². The Bertz CT molecular complexity index is 372. The molecule has 0 spiro atoms. The lowest BCUT2D eigenvalue weighted by atomic mass is 9.50. The summed E-state index contributed by atoms with van der Waals surface area (Å²) < 4.78 is 0. The van der Waals surface area contributed by atoms with Gasteiger partial charge in [0.05, 0.1) is 17.2 Å². The van der Waals surface area contributed by atoms with E-state index < -0.39 is 0 Å². The summed E-state index contributed by atoms with van der Waals surface area (Å²) in [5, 5.41) is 2.15. The molecule has 1 heterocycles. The zero-order valence-electron chi connectivity index (χ0n) is 10.1. The van der Waals surface area contributed by atoms with Gasteiger partial charge in [-0.3, -0.25) is 0 Å². The van der Waals surface area contributed by atoms with Crippen LogP contribution in [-0.2, 0) is 0 Å². The molecule has 0 saturated heterocycles. The predicted octanol–water partition coefficient (Wildman–Crippen LogP) is 3.22. The monoisotopic (exact) mass is 248 g/mol. The molecule has 4 bridgehead atoms. The van der Waals surface area contributed by atoms with Gasteiger partial charge in [-0.15, -0.1) is 11.3 Å². The van der Waals surface area contributed by atoms with Crippen molar-refractivity contribution in [1.82, 2.24) is 4.98 Å². The molecule has 1 aromatic rings. The minimum absolute atomic E-state index is 0.205. The predicted molar refractivity (Wildman–Crippen MR) is 69.6 cm³/mol. The number of aromatic nitrogens is 1. The first-order valence-corrected chi connectivity index (χ1v) is 7.89. The summed E-state index contributed by atoms with van der Waals surface area (Å²) in [5.41, 5.74) is 9.58. The maximum atomic E-state index is 6.51. The molecule has 1 unspecified atom stereocenters. The van der Waals surface area contributed by atoms with E-state index in [-0.39, 0.29) is 6.04 Å². The highest BCUT2D eigenvalue weighted by Gasteiger charge is 2.50. The van der Waals surface area contributed by atoms with Gasteiger partial charge in [-0.25, -0.2) is 4.98 Å². The molecular weight excluding hydrogens is 228 g/mol. The SMILES string of the molecule is NC(c1cscn1)C1C2CC3CC(C2)CC1C3. The zero-order chi connectivity index (χ0) is 11.4. The average Bonchev–Trinajstić information content (AvgIpc) is 2.80. The third-order valence-electron chi connectivity index (χ3n) is 5.51. The van der Waals surface area contributed by atoms with Crippen LogP contribution in [0.25, 0.3) is 0 Å². The Labute approximate surface area is 107 Å². The molecule has 1 atom stereocenters. The Kier molecular flexibility index (Phi) is 2.34. The molecule has 0 aromatic carbocycles. The van der Waals surface area contributed by atoms with Gasteiger partial charge < -0.3 is 5.73 Å². The molecule has 2 N–H and O–H groups in total. The fourth-order valence-corrected chi connectivity index (χ4v) is 5.74. The second-order valence-corrected chi connectivity index (χ2v) is 7.17. The van der Waals surface area contributed by atoms with Gasteiger partial charge in [-0.05, 0) is 61.7 Å². The van der Waals surface area contributed by atoms with E-state index in [0.717, 1.165) is 35.3 Å². The third kappa shape index (κ3) is 1.59. The smallest absolute Gasteiger partial charge is 0.0795 e. The highest BCUT2D eigenvalue weighted by Crippen LogP contribution is 2.58. The fourth-order valence-electron chi connectivity index (χ4n) is 5.14. The van der Waals surface area contributed by atoms with Crippen LogP contribution in [-0.4, -0.2) is 4.98 Å². The number of hydrogen-bond donors (Lipinski definition) is 1. The highest BCUT2D eigenvalue weighted by molar-refractivity contribution is 7.07. The number of hydrogen-bond acceptors (Lipinski definition) is 3. The van der Waals surface area contributed by atoms with E-state index in [1.54, 1.807) is 11.3 Å². The maximum Gasteiger partial charge on any atom is 0.0795 e. The first kappa shape index (κ1) is 10.5. The molecular formula is C14H20N2S. The van der Waals surface area contributed by atoms with Crippen LogP contribution in [0.4, 0.5) is 0 Å². The Hall–Kier alpha value is -0.410. The van der Waals surface area contributed by atoms with Crippen LogP contribution < -0.4 is 5.73 Å². The minimum atomic E-state index is 0.205. The normalized spacial score (nSPS) is 45.1. The summed E-state index contributed by atoms with van der Waals surface area (Å²) in [7, 11) is 0. The van der Waals surface area contributed by atoms with Gasteiger partial charge in [-0.2, -0.15) is 0 Å². The van der Waals surface area contributed by atoms with Gasteiger partial charge >= 0.3 is 0 Å². The first-order valence-electron chi connectivity index (χ1n) is 6.95. The van der Waals surface area contributed by atoms with E-state index in [1.165, 1.54) is 32.1 Å². The standard InChI is InChI=1S/C14H20N2S/c15-14(12-6-17-7-16-12)13-10-2-8-1-9(4-10)5-11(13)3-8/h6-11,13-14H,1-5,15H2. The van der Waals surface area contributed by atoms with Crippen LogP contribution in [0.5, 0.6) is 0 Å². The molecule has 92 valence electrons. The first-order chi connectivity index (χ1) is 8.31. The molecule has 17 heavy (non-hydrogen) atoms. The van der Waals surface area contributed by atoms with Gasteiger partial charge in [0.2, 0.25) is 0 Å². The van der Waals surface area contributed by atoms with E-state index in [2.05, 4.69) is 10.4 Å². The van der Waals surface area contributed by atoms with Crippen LogP contribution in [0.1, 0.15) is 43.8 Å². The van der Waals surface area contributed by atoms with Crippen molar-refractivity contribution >= 4 is 11.3 Å². The quantitative estimate of drug-likeness (QED) is 0.873. The molecule has 4 aliphatic carbocycles. The van der Waals surface area contributed by atoms with Crippen molar-refractivity contribution in [2.45, 2.75) is 38.1 Å². The van der Waals surface area contributed by atoms with Gasteiger partial charge in [0.15, 0.2) is 0 Å². The fraction of sp³-hybridized carbons (Fsp3) is 0.786. The molecule has 4 saturated carbocycles. The Morgan fingerprint density at radius 3 is 2.29 bits per heavy atom. The van der Waals surface area contributed by atoms with Crippen molar-refractivity contribution in [1.29, 1.82) is 0 Å². The topological polar surface area (TPSA) is 38.9 Å². The lowest BCUT2D eigenvalue weighted by Gasteiger charge is -2.55. The summed E-state index contributed by atoms with van der Waals surface area (Å²) in [6.07, 6.45) is 7.33. The van der Waals surface area contributed by atoms with Gasteiger partial charge in [0.1, 0.15) is 0 Å². The van der Waals surface area contributed by atoms with E-state index in [1.807, 2.05) is 5.51 Å². The summed E-state index contributed by atoms with van der Waals surface area (Å²) >= 11 is 1.68. The van der Waals surface area contributed by atoms with Crippen LogP contribution in [0, 0.1) is 29.6 Å². The number of rotatable bonds is 2.